The van der Waals surface area contributed by atoms with Gasteiger partial charge < -0.3 is 24.8 Å². The van der Waals surface area contributed by atoms with Gasteiger partial charge in [-0.15, -0.1) is 0 Å². The zero-order valence-electron chi connectivity index (χ0n) is 20.4. The molecule has 0 spiro atoms. The number of carboxylic acids is 1. The molecule has 0 radical (unpaired) electrons. The van der Waals surface area contributed by atoms with Crippen molar-refractivity contribution in [1.82, 2.24) is 4.90 Å². The van der Waals surface area contributed by atoms with Crippen LogP contribution in [0, 0.1) is 20.8 Å². The van der Waals surface area contributed by atoms with Crippen molar-refractivity contribution in [2.24, 2.45) is 0 Å². The van der Waals surface area contributed by atoms with E-state index >= 15 is 0 Å². The third-order valence-corrected chi connectivity index (χ3v) is 7.27. The summed E-state index contributed by atoms with van der Waals surface area (Å²) in [4.78, 5) is 25.2. The van der Waals surface area contributed by atoms with Crippen molar-refractivity contribution in [2.75, 3.05) is 25.5 Å². The number of carbonyl (C=O) groups is 2. The summed E-state index contributed by atoms with van der Waals surface area (Å²) in [6, 6.07) is 10.3. The number of nitrogens with one attached hydrogen (secondary N) is 1. The monoisotopic (exact) mass is 466 g/mol. The molecule has 182 valence electrons. The minimum Gasteiger partial charge on any atom is -0.479 e. The fraction of sp³-hybridized carbons (Fsp3) is 0.481. The summed E-state index contributed by atoms with van der Waals surface area (Å²) in [7, 11) is 1.29. The maximum absolute atomic E-state index is 12.1. The second-order valence-corrected chi connectivity index (χ2v) is 9.66. The Morgan fingerprint density at radius 3 is 2.32 bits per heavy atom. The van der Waals surface area contributed by atoms with Crippen LogP contribution in [0.4, 0.5) is 10.5 Å². The summed E-state index contributed by atoms with van der Waals surface area (Å²) in [5.74, 6) is -0.995. The summed E-state index contributed by atoms with van der Waals surface area (Å²) in [6.07, 6.45) is 4.32. The lowest BCUT2D eigenvalue weighted by Gasteiger charge is -2.46. The van der Waals surface area contributed by atoms with Gasteiger partial charge in [0.15, 0.2) is 5.54 Å². The van der Waals surface area contributed by atoms with Gasteiger partial charge >= 0.3 is 12.1 Å². The minimum absolute atomic E-state index is 0.0427. The number of aliphatic carboxylic acids is 1. The quantitative estimate of drug-likeness (QED) is 0.593. The Morgan fingerprint density at radius 1 is 1.09 bits per heavy atom. The van der Waals surface area contributed by atoms with E-state index in [1.165, 1.54) is 41.5 Å². The molecule has 2 aromatic rings. The summed E-state index contributed by atoms with van der Waals surface area (Å²) < 4.78 is 11.0. The molecule has 1 amide bonds. The van der Waals surface area contributed by atoms with Crippen LogP contribution in [0.5, 0.6) is 0 Å². The largest absolute Gasteiger partial charge is 0.479 e. The molecular weight excluding hydrogens is 432 g/mol. The number of ether oxygens (including phenoxy) is 2. The minimum atomic E-state index is -1.24. The SMILES string of the molecule is COC(=O)N1CC(Nc2ccc(-c3cc(C)c(C)c(C)c3)c(COC3CCCC3)c2)(C(=O)O)C1. The fourth-order valence-electron chi connectivity index (χ4n) is 4.93. The van der Waals surface area contributed by atoms with E-state index in [1.807, 2.05) is 18.2 Å². The zero-order valence-corrected chi connectivity index (χ0v) is 20.4. The average Bonchev–Trinajstić information content (AvgIpc) is 3.31. The summed E-state index contributed by atoms with van der Waals surface area (Å²) >= 11 is 0. The summed E-state index contributed by atoms with van der Waals surface area (Å²) in [5, 5.41) is 13.1. The Labute approximate surface area is 201 Å². The van der Waals surface area contributed by atoms with Gasteiger partial charge in [-0.25, -0.2) is 9.59 Å². The number of hydrogen-bond acceptors (Lipinski definition) is 5. The molecule has 34 heavy (non-hydrogen) atoms. The third-order valence-electron chi connectivity index (χ3n) is 7.27. The molecular formula is C27H34N2O5. The lowest BCUT2D eigenvalue weighted by Crippen LogP contribution is -2.71. The number of carbonyl (C=O) groups excluding carboxylic acids is 1. The molecule has 2 aliphatic rings. The fourth-order valence-corrected chi connectivity index (χ4v) is 4.93. The van der Waals surface area contributed by atoms with Crippen molar-refractivity contribution < 1.29 is 24.2 Å². The van der Waals surface area contributed by atoms with Crippen LogP contribution in [0.15, 0.2) is 30.3 Å². The van der Waals surface area contributed by atoms with Crippen LogP contribution in [0.3, 0.4) is 0 Å². The Morgan fingerprint density at radius 2 is 1.74 bits per heavy atom. The number of anilines is 1. The lowest BCUT2D eigenvalue weighted by molar-refractivity contribution is -0.147. The number of likely N-dealkylation sites (tertiary alicyclic amines) is 1. The van der Waals surface area contributed by atoms with E-state index in [2.05, 4.69) is 38.2 Å². The van der Waals surface area contributed by atoms with E-state index in [9.17, 15) is 14.7 Å². The lowest BCUT2D eigenvalue weighted by atomic mass is 9.89. The van der Waals surface area contributed by atoms with Crippen molar-refractivity contribution in [1.29, 1.82) is 0 Å². The van der Waals surface area contributed by atoms with Crippen molar-refractivity contribution in [3.63, 3.8) is 0 Å². The maximum atomic E-state index is 12.1. The summed E-state index contributed by atoms with van der Waals surface area (Å²) in [6.45, 7) is 6.93. The van der Waals surface area contributed by atoms with Gasteiger partial charge in [0.1, 0.15) is 0 Å². The van der Waals surface area contributed by atoms with Gasteiger partial charge in [-0.2, -0.15) is 0 Å². The molecule has 1 aliphatic heterocycles. The Kier molecular flexibility index (Phi) is 6.84. The second-order valence-electron chi connectivity index (χ2n) is 9.66. The molecule has 2 fully saturated rings. The molecule has 0 bridgehead atoms. The molecule has 1 heterocycles. The van der Waals surface area contributed by atoms with Crippen LogP contribution in [-0.4, -0.2) is 53.9 Å². The zero-order chi connectivity index (χ0) is 24.5. The van der Waals surface area contributed by atoms with Crippen molar-refractivity contribution in [3.8, 4) is 11.1 Å². The van der Waals surface area contributed by atoms with E-state index in [0.717, 1.165) is 29.5 Å². The highest BCUT2D eigenvalue weighted by molar-refractivity contribution is 5.88. The molecule has 0 unspecified atom stereocenters. The number of carboxylic acid groups (broad SMARTS) is 1. The highest BCUT2D eigenvalue weighted by atomic mass is 16.5. The number of benzene rings is 2. The van der Waals surface area contributed by atoms with E-state index in [-0.39, 0.29) is 19.2 Å². The van der Waals surface area contributed by atoms with Gasteiger partial charge in [0, 0.05) is 5.69 Å². The smallest absolute Gasteiger partial charge is 0.409 e. The second kappa shape index (κ2) is 9.66. The van der Waals surface area contributed by atoms with Crippen LogP contribution >= 0.6 is 0 Å². The van der Waals surface area contributed by atoms with Crippen LogP contribution in [0.25, 0.3) is 11.1 Å². The number of methoxy groups -OCH3 is 1. The standard InChI is InChI=1S/C27H34N2O5/c1-17-11-20(12-18(2)19(17)3)24-10-9-22(13-21(24)14-34-23-7-5-6-8-23)28-27(25(30)31)15-29(16-27)26(32)33-4/h9-13,23,28H,5-8,14-16H2,1-4H3,(H,30,31). The van der Waals surface area contributed by atoms with Crippen molar-refractivity contribution in [3.05, 3.63) is 52.6 Å². The Hall–Kier alpha value is -3.06. The first-order valence-electron chi connectivity index (χ1n) is 11.9. The predicted octanol–water partition coefficient (Wildman–Crippen LogP) is 5.06. The highest BCUT2D eigenvalue weighted by Gasteiger charge is 2.52. The van der Waals surface area contributed by atoms with Gasteiger partial charge in [-0.05, 0) is 79.1 Å². The predicted molar refractivity (Wildman–Crippen MR) is 131 cm³/mol. The molecule has 1 aliphatic carbocycles. The number of rotatable bonds is 7. The van der Waals surface area contributed by atoms with Gasteiger partial charge in [-0.3, -0.25) is 0 Å². The van der Waals surface area contributed by atoms with Gasteiger partial charge in [0.2, 0.25) is 0 Å². The normalized spacial score (nSPS) is 17.4. The van der Waals surface area contributed by atoms with Crippen molar-refractivity contribution >= 4 is 17.7 Å². The summed E-state index contributed by atoms with van der Waals surface area (Å²) in [5.41, 5.74) is 6.45. The first-order valence-corrected chi connectivity index (χ1v) is 11.9. The number of aryl methyl sites for hydroxylation is 2. The molecule has 7 nitrogen and oxygen atoms in total. The van der Waals surface area contributed by atoms with E-state index in [1.54, 1.807) is 0 Å². The van der Waals surface area contributed by atoms with Crippen LogP contribution in [0.1, 0.15) is 47.9 Å². The third kappa shape index (κ3) is 4.75. The van der Waals surface area contributed by atoms with Gasteiger partial charge in [-0.1, -0.05) is 31.0 Å². The molecule has 2 N–H and O–H groups in total. The topological polar surface area (TPSA) is 88.1 Å². The van der Waals surface area contributed by atoms with Crippen LogP contribution in [0.2, 0.25) is 0 Å². The maximum Gasteiger partial charge on any atom is 0.409 e. The molecule has 7 heteroatoms. The number of nitrogens with zero attached hydrogens (tertiary/aromatic N) is 1. The first-order chi connectivity index (χ1) is 16.2. The van der Waals surface area contributed by atoms with Gasteiger partial charge in [0.25, 0.3) is 0 Å². The molecule has 2 aromatic carbocycles. The van der Waals surface area contributed by atoms with Crippen molar-refractivity contribution in [2.45, 2.75) is 64.7 Å². The average molecular weight is 467 g/mol. The highest BCUT2D eigenvalue weighted by Crippen LogP contribution is 2.34. The Bertz CT molecular complexity index is 1060. The molecule has 1 saturated carbocycles. The van der Waals surface area contributed by atoms with E-state index < -0.39 is 17.6 Å². The van der Waals surface area contributed by atoms with E-state index in [4.69, 9.17) is 9.47 Å². The number of hydrogen-bond donors (Lipinski definition) is 2. The van der Waals surface area contributed by atoms with Crippen LogP contribution in [-0.2, 0) is 20.9 Å². The molecule has 4 rings (SSSR count). The van der Waals surface area contributed by atoms with Crippen LogP contribution < -0.4 is 5.32 Å². The first kappa shape index (κ1) is 24.1. The Balaban J connectivity index is 1.63. The molecule has 0 atom stereocenters. The van der Waals surface area contributed by atoms with Gasteiger partial charge in [0.05, 0.1) is 32.9 Å². The molecule has 1 saturated heterocycles. The number of amides is 1. The molecule has 0 aromatic heterocycles. The van der Waals surface area contributed by atoms with E-state index in [0.29, 0.717) is 12.3 Å².